The lowest BCUT2D eigenvalue weighted by Gasteiger charge is -2.17. The molecule has 22 heavy (non-hydrogen) atoms. The van der Waals surface area contributed by atoms with Crippen molar-refractivity contribution in [3.8, 4) is 11.4 Å². The van der Waals surface area contributed by atoms with Gasteiger partial charge in [0, 0.05) is 17.7 Å². The van der Waals surface area contributed by atoms with Crippen LogP contribution in [0.1, 0.15) is 33.0 Å². The molecule has 120 valence electrons. The molecule has 1 heterocycles. The van der Waals surface area contributed by atoms with Crippen LogP contribution in [0.5, 0.6) is 0 Å². The zero-order chi connectivity index (χ0) is 15.5. The summed E-state index contributed by atoms with van der Waals surface area (Å²) in [5.74, 6) is 1.26. The molecule has 0 aliphatic carbocycles. The predicted octanol–water partition coefficient (Wildman–Crippen LogP) is 2.73. The fourth-order valence-electron chi connectivity index (χ4n) is 1.91. The molecule has 0 atom stereocenters. The first-order valence-electron chi connectivity index (χ1n) is 6.89. The van der Waals surface area contributed by atoms with Crippen LogP contribution in [-0.2, 0) is 11.3 Å². The van der Waals surface area contributed by atoms with Gasteiger partial charge in [-0.15, -0.1) is 12.4 Å². The van der Waals surface area contributed by atoms with Gasteiger partial charge in [-0.05, 0) is 29.7 Å². The molecule has 1 aromatic heterocycles. The SMILES string of the molecule is CC(C)(C)CC(=O)Nc1ccc(-c2n[nH]c(CN)n2)cc1.Cl. The molecule has 6 nitrogen and oxygen atoms in total. The predicted molar refractivity (Wildman–Crippen MR) is 89.7 cm³/mol. The molecule has 0 fully saturated rings. The third-order valence-electron chi connectivity index (χ3n) is 2.84. The fourth-order valence-corrected chi connectivity index (χ4v) is 1.91. The first kappa shape index (κ1) is 18.1. The van der Waals surface area contributed by atoms with Gasteiger partial charge in [0.2, 0.25) is 5.91 Å². The molecule has 7 heteroatoms. The number of carbonyl (C=O) groups is 1. The Morgan fingerprint density at radius 2 is 1.91 bits per heavy atom. The van der Waals surface area contributed by atoms with Gasteiger partial charge in [-0.2, -0.15) is 5.10 Å². The summed E-state index contributed by atoms with van der Waals surface area (Å²) in [5, 5.41) is 9.75. The average molecular weight is 324 g/mol. The van der Waals surface area contributed by atoms with Crippen molar-refractivity contribution >= 4 is 24.0 Å². The number of H-pyrrole nitrogens is 1. The summed E-state index contributed by atoms with van der Waals surface area (Å²) in [7, 11) is 0. The van der Waals surface area contributed by atoms with Gasteiger partial charge in [-0.3, -0.25) is 9.89 Å². The van der Waals surface area contributed by atoms with Gasteiger partial charge < -0.3 is 11.1 Å². The van der Waals surface area contributed by atoms with Crippen LogP contribution in [0, 0.1) is 5.41 Å². The van der Waals surface area contributed by atoms with E-state index in [1.54, 1.807) is 0 Å². The van der Waals surface area contributed by atoms with Crippen molar-refractivity contribution in [1.29, 1.82) is 0 Å². The average Bonchev–Trinajstić information content (AvgIpc) is 2.86. The first-order chi connectivity index (χ1) is 9.87. The number of anilines is 1. The van der Waals surface area contributed by atoms with Gasteiger partial charge in [0.15, 0.2) is 5.82 Å². The van der Waals surface area contributed by atoms with Crippen LogP contribution in [0.15, 0.2) is 24.3 Å². The largest absolute Gasteiger partial charge is 0.326 e. The third kappa shape index (κ3) is 5.13. The minimum absolute atomic E-state index is 0. The Hall–Kier alpha value is -1.92. The van der Waals surface area contributed by atoms with E-state index in [1.807, 2.05) is 45.0 Å². The highest BCUT2D eigenvalue weighted by molar-refractivity contribution is 5.91. The van der Waals surface area contributed by atoms with Crippen LogP contribution in [-0.4, -0.2) is 21.1 Å². The lowest BCUT2D eigenvalue weighted by atomic mass is 9.92. The summed E-state index contributed by atoms with van der Waals surface area (Å²) in [6.07, 6.45) is 0.482. The Bertz CT molecular complexity index is 616. The van der Waals surface area contributed by atoms with E-state index >= 15 is 0 Å². The number of benzene rings is 1. The van der Waals surface area contributed by atoms with Crippen LogP contribution in [0.3, 0.4) is 0 Å². The summed E-state index contributed by atoms with van der Waals surface area (Å²) in [6.45, 7) is 6.43. The highest BCUT2D eigenvalue weighted by Gasteiger charge is 2.16. The van der Waals surface area contributed by atoms with E-state index in [-0.39, 0.29) is 23.7 Å². The second kappa shape index (κ2) is 7.38. The molecule has 0 saturated heterocycles. The smallest absolute Gasteiger partial charge is 0.224 e. The summed E-state index contributed by atoms with van der Waals surface area (Å²) < 4.78 is 0. The Balaban J connectivity index is 0.00000242. The maximum atomic E-state index is 11.9. The molecule has 1 amide bonds. The Labute approximate surface area is 136 Å². The summed E-state index contributed by atoms with van der Waals surface area (Å²) in [4.78, 5) is 16.1. The highest BCUT2D eigenvalue weighted by atomic mass is 35.5. The molecule has 1 aromatic carbocycles. The van der Waals surface area contributed by atoms with E-state index < -0.39 is 0 Å². The monoisotopic (exact) mass is 323 g/mol. The molecule has 2 rings (SSSR count). The molecule has 2 aromatic rings. The number of nitrogens with zero attached hydrogens (tertiary/aromatic N) is 2. The van der Waals surface area contributed by atoms with Crippen LogP contribution in [0.2, 0.25) is 0 Å². The van der Waals surface area contributed by atoms with Crippen molar-refractivity contribution in [1.82, 2.24) is 15.2 Å². The van der Waals surface area contributed by atoms with Gasteiger partial charge in [0.1, 0.15) is 5.82 Å². The number of nitrogens with one attached hydrogen (secondary N) is 2. The Kier molecular flexibility index (Phi) is 6.08. The van der Waals surface area contributed by atoms with Crippen molar-refractivity contribution in [2.45, 2.75) is 33.7 Å². The molecule has 0 radical (unpaired) electrons. The first-order valence-corrected chi connectivity index (χ1v) is 6.89. The molecule has 0 bridgehead atoms. The van der Waals surface area contributed by atoms with Crippen LogP contribution in [0.25, 0.3) is 11.4 Å². The molecular weight excluding hydrogens is 302 g/mol. The van der Waals surface area contributed by atoms with Crippen molar-refractivity contribution in [2.24, 2.45) is 11.1 Å². The lowest BCUT2D eigenvalue weighted by molar-refractivity contribution is -0.117. The zero-order valence-electron chi connectivity index (χ0n) is 13.0. The maximum absolute atomic E-state index is 11.9. The Morgan fingerprint density at radius 1 is 1.27 bits per heavy atom. The van der Waals surface area contributed by atoms with Gasteiger partial charge >= 0.3 is 0 Å². The number of aromatic amines is 1. The minimum Gasteiger partial charge on any atom is -0.326 e. The molecule has 0 saturated carbocycles. The van der Waals surface area contributed by atoms with Gasteiger partial charge in [-0.25, -0.2) is 4.98 Å². The number of carbonyl (C=O) groups excluding carboxylic acids is 1. The standard InChI is InChI=1S/C15H21N5O.ClH/c1-15(2,3)8-13(21)17-11-6-4-10(5-7-11)14-18-12(9-16)19-20-14;/h4-7H,8-9,16H2,1-3H3,(H,17,21)(H,18,19,20);1H. The van der Waals surface area contributed by atoms with Crippen LogP contribution < -0.4 is 11.1 Å². The number of rotatable bonds is 4. The molecule has 0 aliphatic heterocycles. The minimum atomic E-state index is -0.0262. The van der Waals surface area contributed by atoms with Gasteiger partial charge in [0.05, 0.1) is 6.54 Å². The summed E-state index contributed by atoms with van der Waals surface area (Å²) >= 11 is 0. The third-order valence-corrected chi connectivity index (χ3v) is 2.84. The summed E-state index contributed by atoms with van der Waals surface area (Å²) in [6, 6.07) is 7.43. The van der Waals surface area contributed by atoms with Crippen molar-refractivity contribution in [2.75, 3.05) is 5.32 Å². The number of hydrogen-bond donors (Lipinski definition) is 3. The van der Waals surface area contributed by atoms with E-state index in [4.69, 9.17) is 5.73 Å². The quantitative estimate of drug-likeness (QED) is 0.806. The van der Waals surface area contributed by atoms with Crippen molar-refractivity contribution in [3.63, 3.8) is 0 Å². The highest BCUT2D eigenvalue weighted by Crippen LogP contribution is 2.21. The number of halogens is 1. The number of aromatic nitrogens is 3. The van der Waals surface area contributed by atoms with Gasteiger partial charge in [0.25, 0.3) is 0 Å². The number of amides is 1. The fraction of sp³-hybridized carbons (Fsp3) is 0.400. The Morgan fingerprint density at radius 3 is 2.41 bits per heavy atom. The van der Waals surface area contributed by atoms with Crippen LogP contribution >= 0.6 is 12.4 Å². The zero-order valence-corrected chi connectivity index (χ0v) is 13.8. The topological polar surface area (TPSA) is 96.7 Å². The second-order valence-corrected chi connectivity index (χ2v) is 6.17. The normalized spacial score (nSPS) is 10.9. The van der Waals surface area contributed by atoms with E-state index in [0.29, 0.717) is 24.6 Å². The molecular formula is C15H22ClN5O. The summed E-state index contributed by atoms with van der Waals surface area (Å²) in [5.41, 5.74) is 7.10. The van der Waals surface area contributed by atoms with E-state index in [1.165, 1.54) is 0 Å². The molecule has 0 spiro atoms. The second-order valence-electron chi connectivity index (χ2n) is 6.17. The van der Waals surface area contributed by atoms with Crippen molar-refractivity contribution in [3.05, 3.63) is 30.1 Å². The number of nitrogens with two attached hydrogens (primary N) is 1. The van der Waals surface area contributed by atoms with Crippen LogP contribution in [0.4, 0.5) is 5.69 Å². The van der Waals surface area contributed by atoms with E-state index in [0.717, 1.165) is 11.3 Å². The molecule has 0 aliphatic rings. The van der Waals surface area contributed by atoms with Crippen molar-refractivity contribution < 1.29 is 4.79 Å². The number of hydrogen-bond acceptors (Lipinski definition) is 4. The maximum Gasteiger partial charge on any atom is 0.224 e. The molecule has 4 N–H and O–H groups in total. The molecule has 0 unspecified atom stereocenters. The van der Waals surface area contributed by atoms with Gasteiger partial charge in [-0.1, -0.05) is 20.8 Å². The lowest BCUT2D eigenvalue weighted by Crippen LogP contribution is -2.19. The van der Waals surface area contributed by atoms with E-state index in [9.17, 15) is 4.79 Å². The van der Waals surface area contributed by atoms with E-state index in [2.05, 4.69) is 20.5 Å².